The summed E-state index contributed by atoms with van der Waals surface area (Å²) in [6.45, 7) is 7.51. The molecule has 0 aromatic carbocycles. The van der Waals surface area contributed by atoms with Gasteiger partial charge in [0, 0.05) is 5.75 Å². The average molecular weight is 229 g/mol. The van der Waals surface area contributed by atoms with Crippen LogP contribution in [0.2, 0.25) is 0 Å². The smallest absolute Gasteiger partial charge is 0.307 e. The molecule has 0 aliphatic rings. The summed E-state index contributed by atoms with van der Waals surface area (Å²) in [6, 6.07) is 2.18. The summed E-state index contributed by atoms with van der Waals surface area (Å²) in [6.07, 6.45) is 1.19. The molecule has 0 fully saturated rings. The van der Waals surface area contributed by atoms with Gasteiger partial charge in [-0.05, 0) is 27.2 Å². The van der Waals surface area contributed by atoms with Crippen molar-refractivity contribution in [3.8, 4) is 6.07 Å². The number of hydrogen-bond donors (Lipinski definition) is 0. The van der Waals surface area contributed by atoms with Crippen molar-refractivity contribution in [1.29, 1.82) is 5.26 Å². The first-order chi connectivity index (χ1) is 6.89. The van der Waals surface area contributed by atoms with E-state index in [4.69, 9.17) is 10.00 Å². The van der Waals surface area contributed by atoms with Crippen LogP contribution in [0.3, 0.4) is 0 Å². The molecule has 0 aromatic heterocycles. The molecule has 0 bridgehead atoms. The van der Waals surface area contributed by atoms with Crippen LogP contribution in [0.4, 0.5) is 0 Å². The monoisotopic (exact) mass is 229 g/mol. The molecule has 0 radical (unpaired) electrons. The van der Waals surface area contributed by atoms with Gasteiger partial charge in [-0.3, -0.25) is 4.79 Å². The molecule has 0 N–H and O–H groups in total. The molecule has 0 aliphatic carbocycles. The summed E-state index contributed by atoms with van der Waals surface area (Å²) in [5, 5.41) is 8.68. The topological polar surface area (TPSA) is 50.1 Å². The van der Waals surface area contributed by atoms with E-state index in [0.717, 1.165) is 6.42 Å². The molecule has 15 heavy (non-hydrogen) atoms. The van der Waals surface area contributed by atoms with E-state index in [1.807, 2.05) is 27.7 Å². The molecule has 3 nitrogen and oxygen atoms in total. The number of rotatable bonds is 5. The van der Waals surface area contributed by atoms with Crippen LogP contribution in [0, 0.1) is 11.3 Å². The predicted octanol–water partition coefficient (Wildman–Crippen LogP) is 2.75. The Balaban J connectivity index is 3.69. The lowest BCUT2D eigenvalue weighted by molar-refractivity contribution is -0.154. The lowest BCUT2D eigenvalue weighted by atomic mass is 10.2. The fourth-order valence-electron chi connectivity index (χ4n) is 0.923. The van der Waals surface area contributed by atoms with Crippen molar-refractivity contribution in [3.05, 3.63) is 0 Å². The molecule has 1 atom stereocenters. The Bertz CT molecular complexity index is 240. The van der Waals surface area contributed by atoms with Crippen molar-refractivity contribution in [2.75, 3.05) is 5.75 Å². The van der Waals surface area contributed by atoms with E-state index in [-0.39, 0.29) is 11.2 Å². The second-order valence-corrected chi connectivity index (χ2v) is 5.54. The first kappa shape index (κ1) is 14.3. The molecule has 0 saturated carbocycles. The van der Waals surface area contributed by atoms with Crippen molar-refractivity contribution in [1.82, 2.24) is 0 Å². The predicted molar refractivity (Wildman–Crippen MR) is 62.6 cm³/mol. The van der Waals surface area contributed by atoms with E-state index >= 15 is 0 Å². The van der Waals surface area contributed by atoms with Gasteiger partial charge < -0.3 is 4.74 Å². The number of carbonyl (C=O) groups excluding carboxylic acids is 1. The zero-order valence-electron chi connectivity index (χ0n) is 9.87. The van der Waals surface area contributed by atoms with Gasteiger partial charge in [-0.25, -0.2) is 0 Å². The largest absolute Gasteiger partial charge is 0.460 e. The highest BCUT2D eigenvalue weighted by Gasteiger charge is 2.16. The fourth-order valence-corrected chi connectivity index (χ4v) is 1.80. The minimum absolute atomic E-state index is 0.00700. The Hall–Kier alpha value is -0.690. The standard InChI is InChI=1S/C11H19NO2S/c1-5-9(8-12)15-7-6-10(13)14-11(2,3)4/h9H,5-7H2,1-4H3/t9-/m1/s1. The quantitative estimate of drug-likeness (QED) is 0.680. The Morgan fingerprint density at radius 1 is 1.53 bits per heavy atom. The number of nitrogens with zero attached hydrogens (tertiary/aromatic N) is 1. The molecule has 0 spiro atoms. The van der Waals surface area contributed by atoms with Crippen LogP contribution in [-0.4, -0.2) is 22.6 Å². The molecule has 0 aliphatic heterocycles. The van der Waals surface area contributed by atoms with Crippen LogP contribution in [-0.2, 0) is 9.53 Å². The van der Waals surface area contributed by atoms with Gasteiger partial charge in [-0.1, -0.05) is 6.92 Å². The van der Waals surface area contributed by atoms with Crippen molar-refractivity contribution in [2.24, 2.45) is 0 Å². The first-order valence-corrected chi connectivity index (χ1v) is 6.17. The SMILES string of the molecule is CC[C@H](C#N)SCCC(=O)OC(C)(C)C. The fraction of sp³-hybridized carbons (Fsp3) is 0.818. The maximum absolute atomic E-state index is 11.3. The van der Waals surface area contributed by atoms with E-state index < -0.39 is 5.60 Å². The maximum atomic E-state index is 11.3. The summed E-state index contributed by atoms with van der Waals surface area (Å²) in [5.41, 5.74) is -0.416. The highest BCUT2D eigenvalue weighted by Crippen LogP contribution is 2.16. The average Bonchev–Trinajstić information content (AvgIpc) is 2.09. The summed E-state index contributed by atoms with van der Waals surface area (Å²) >= 11 is 1.51. The highest BCUT2D eigenvalue weighted by atomic mass is 32.2. The number of nitriles is 1. The number of ether oxygens (including phenoxy) is 1. The van der Waals surface area contributed by atoms with Crippen LogP contribution >= 0.6 is 11.8 Å². The van der Waals surface area contributed by atoms with Gasteiger partial charge in [0.2, 0.25) is 0 Å². The minimum Gasteiger partial charge on any atom is -0.460 e. The third kappa shape index (κ3) is 8.31. The molecular weight excluding hydrogens is 210 g/mol. The second-order valence-electron chi connectivity index (χ2n) is 4.23. The van der Waals surface area contributed by atoms with E-state index in [9.17, 15) is 4.79 Å². The van der Waals surface area contributed by atoms with E-state index in [0.29, 0.717) is 12.2 Å². The van der Waals surface area contributed by atoms with Gasteiger partial charge in [0.05, 0.1) is 17.7 Å². The Labute approximate surface area is 96.2 Å². The zero-order chi connectivity index (χ0) is 11.9. The minimum atomic E-state index is -0.416. The van der Waals surface area contributed by atoms with Crippen LogP contribution in [0.1, 0.15) is 40.5 Å². The van der Waals surface area contributed by atoms with Crippen LogP contribution in [0.25, 0.3) is 0 Å². The first-order valence-electron chi connectivity index (χ1n) is 5.12. The summed E-state index contributed by atoms with van der Waals surface area (Å²) in [4.78, 5) is 11.3. The maximum Gasteiger partial charge on any atom is 0.307 e. The molecule has 0 amide bonds. The Morgan fingerprint density at radius 2 is 2.13 bits per heavy atom. The van der Waals surface area contributed by atoms with E-state index in [2.05, 4.69) is 6.07 Å². The molecule has 4 heteroatoms. The number of esters is 1. The van der Waals surface area contributed by atoms with Gasteiger partial charge in [0.1, 0.15) is 5.60 Å². The molecule has 0 unspecified atom stereocenters. The third-order valence-electron chi connectivity index (χ3n) is 1.56. The summed E-state index contributed by atoms with van der Waals surface area (Å²) < 4.78 is 5.15. The molecule has 0 aromatic rings. The van der Waals surface area contributed by atoms with Crippen LogP contribution in [0.15, 0.2) is 0 Å². The molecule has 0 rings (SSSR count). The highest BCUT2D eigenvalue weighted by molar-refractivity contribution is 8.00. The number of hydrogen-bond acceptors (Lipinski definition) is 4. The van der Waals surface area contributed by atoms with Gasteiger partial charge in [0.25, 0.3) is 0 Å². The van der Waals surface area contributed by atoms with Gasteiger partial charge in [-0.15, -0.1) is 11.8 Å². The van der Waals surface area contributed by atoms with Crippen LogP contribution < -0.4 is 0 Å². The summed E-state index contributed by atoms with van der Waals surface area (Å²) in [5.74, 6) is 0.462. The van der Waals surface area contributed by atoms with Crippen molar-refractivity contribution in [2.45, 2.75) is 51.4 Å². The Morgan fingerprint density at radius 3 is 2.53 bits per heavy atom. The Kier molecular flexibility index (Phi) is 6.42. The van der Waals surface area contributed by atoms with E-state index in [1.165, 1.54) is 11.8 Å². The van der Waals surface area contributed by atoms with Crippen molar-refractivity contribution >= 4 is 17.7 Å². The van der Waals surface area contributed by atoms with Gasteiger partial charge in [0.15, 0.2) is 0 Å². The normalized spacial score (nSPS) is 13.0. The number of thioether (sulfide) groups is 1. The van der Waals surface area contributed by atoms with Crippen molar-refractivity contribution in [3.63, 3.8) is 0 Å². The number of carbonyl (C=O) groups is 1. The molecular formula is C11H19NO2S. The van der Waals surface area contributed by atoms with Gasteiger partial charge >= 0.3 is 5.97 Å². The van der Waals surface area contributed by atoms with Crippen molar-refractivity contribution < 1.29 is 9.53 Å². The lowest BCUT2D eigenvalue weighted by Crippen LogP contribution is -2.24. The molecule has 0 heterocycles. The summed E-state index contributed by atoms with van der Waals surface area (Å²) in [7, 11) is 0. The van der Waals surface area contributed by atoms with Crippen LogP contribution in [0.5, 0.6) is 0 Å². The van der Waals surface area contributed by atoms with Gasteiger partial charge in [-0.2, -0.15) is 5.26 Å². The molecule has 0 saturated heterocycles. The van der Waals surface area contributed by atoms with E-state index in [1.54, 1.807) is 0 Å². The zero-order valence-corrected chi connectivity index (χ0v) is 10.7. The second kappa shape index (κ2) is 6.73. The third-order valence-corrected chi connectivity index (χ3v) is 2.84. The molecule has 86 valence electrons. The lowest BCUT2D eigenvalue weighted by Gasteiger charge is -2.19.